The zero-order valence-electron chi connectivity index (χ0n) is 7.83. The molecule has 3 nitrogen and oxygen atoms in total. The first-order valence-corrected chi connectivity index (χ1v) is 5.02. The van der Waals surface area contributed by atoms with Gasteiger partial charge in [0.2, 0.25) is 0 Å². The van der Waals surface area contributed by atoms with E-state index < -0.39 is 0 Å². The lowest BCUT2D eigenvalue weighted by Crippen LogP contribution is -2.03. The molecule has 1 aromatic rings. The summed E-state index contributed by atoms with van der Waals surface area (Å²) in [5, 5.41) is 0. The largest absolute Gasteiger partial charge is 0.496 e. The molecule has 0 radical (unpaired) electrons. The first-order chi connectivity index (χ1) is 6.61. The number of carbonyl (C=O) groups excluding carboxylic acids is 2. The van der Waals surface area contributed by atoms with E-state index in [2.05, 4.69) is 0 Å². The molecule has 0 aliphatic carbocycles. The number of benzene rings is 1. The number of ether oxygens (including phenoxy) is 1. The summed E-state index contributed by atoms with van der Waals surface area (Å²) < 4.78 is 5.69. The quantitative estimate of drug-likeness (QED) is 0.489. The SMILES string of the molecule is COc1ccc(C=O)c(I)c1C(C)=O. The molecule has 0 atom stereocenters. The molecule has 0 spiro atoms. The van der Waals surface area contributed by atoms with E-state index in [1.165, 1.54) is 14.0 Å². The molecule has 0 aliphatic rings. The summed E-state index contributed by atoms with van der Waals surface area (Å²) in [4.78, 5) is 22.0. The highest BCUT2D eigenvalue weighted by Crippen LogP contribution is 2.26. The minimum absolute atomic E-state index is 0.102. The Labute approximate surface area is 95.6 Å². The Morgan fingerprint density at radius 1 is 1.50 bits per heavy atom. The summed E-state index contributed by atoms with van der Waals surface area (Å²) >= 11 is 1.97. The van der Waals surface area contributed by atoms with Gasteiger partial charge in [-0.15, -0.1) is 0 Å². The van der Waals surface area contributed by atoms with Gasteiger partial charge in [-0.05, 0) is 41.6 Å². The summed E-state index contributed by atoms with van der Waals surface area (Å²) in [5.74, 6) is 0.405. The minimum atomic E-state index is -0.102. The van der Waals surface area contributed by atoms with Crippen LogP contribution in [0.15, 0.2) is 12.1 Å². The van der Waals surface area contributed by atoms with Gasteiger partial charge >= 0.3 is 0 Å². The third kappa shape index (κ3) is 1.95. The van der Waals surface area contributed by atoms with Crippen molar-refractivity contribution in [3.8, 4) is 5.75 Å². The Hall–Kier alpha value is -0.910. The van der Waals surface area contributed by atoms with E-state index in [4.69, 9.17) is 4.74 Å². The fraction of sp³-hybridized carbons (Fsp3) is 0.200. The van der Waals surface area contributed by atoms with Crippen LogP contribution in [0.1, 0.15) is 27.6 Å². The van der Waals surface area contributed by atoms with Crippen LogP contribution in [0.25, 0.3) is 0 Å². The molecule has 0 saturated carbocycles. The number of aldehydes is 1. The van der Waals surface area contributed by atoms with Gasteiger partial charge < -0.3 is 4.74 Å². The molecular formula is C10H9IO3. The molecule has 0 aliphatic heterocycles. The fourth-order valence-electron chi connectivity index (χ4n) is 1.16. The van der Waals surface area contributed by atoms with Crippen molar-refractivity contribution in [3.63, 3.8) is 0 Å². The van der Waals surface area contributed by atoms with Gasteiger partial charge in [-0.3, -0.25) is 9.59 Å². The summed E-state index contributed by atoms with van der Waals surface area (Å²) in [7, 11) is 1.50. The maximum atomic E-state index is 11.3. The highest BCUT2D eigenvalue weighted by atomic mass is 127. The van der Waals surface area contributed by atoms with E-state index in [1.54, 1.807) is 12.1 Å². The topological polar surface area (TPSA) is 43.4 Å². The van der Waals surface area contributed by atoms with Crippen molar-refractivity contribution in [2.75, 3.05) is 7.11 Å². The van der Waals surface area contributed by atoms with Gasteiger partial charge in [0.15, 0.2) is 12.1 Å². The maximum absolute atomic E-state index is 11.3. The van der Waals surface area contributed by atoms with Crippen LogP contribution in [-0.2, 0) is 0 Å². The number of methoxy groups -OCH3 is 1. The number of carbonyl (C=O) groups is 2. The van der Waals surface area contributed by atoms with Gasteiger partial charge in [0.25, 0.3) is 0 Å². The number of rotatable bonds is 3. The van der Waals surface area contributed by atoms with Crippen LogP contribution >= 0.6 is 22.6 Å². The second-order valence-electron chi connectivity index (χ2n) is 2.72. The molecule has 0 fully saturated rings. The second-order valence-corrected chi connectivity index (χ2v) is 3.80. The van der Waals surface area contributed by atoms with Gasteiger partial charge in [0.05, 0.1) is 12.7 Å². The highest BCUT2D eigenvalue weighted by molar-refractivity contribution is 14.1. The zero-order chi connectivity index (χ0) is 10.7. The average Bonchev–Trinajstić information content (AvgIpc) is 2.16. The first kappa shape index (κ1) is 11.2. The van der Waals surface area contributed by atoms with E-state index in [0.717, 1.165) is 6.29 Å². The Morgan fingerprint density at radius 2 is 2.14 bits per heavy atom. The van der Waals surface area contributed by atoms with Gasteiger partial charge in [-0.1, -0.05) is 0 Å². The van der Waals surface area contributed by atoms with Crippen LogP contribution in [0.2, 0.25) is 0 Å². The summed E-state index contributed by atoms with van der Waals surface area (Å²) in [5.41, 5.74) is 0.981. The van der Waals surface area contributed by atoms with Gasteiger partial charge in [-0.25, -0.2) is 0 Å². The predicted molar refractivity (Wildman–Crippen MR) is 61.1 cm³/mol. The van der Waals surface area contributed by atoms with Crippen LogP contribution in [0, 0.1) is 3.57 Å². The van der Waals surface area contributed by atoms with Crippen molar-refractivity contribution in [2.24, 2.45) is 0 Å². The summed E-state index contributed by atoms with van der Waals surface area (Å²) in [6.07, 6.45) is 0.730. The Balaban J connectivity index is 3.46. The van der Waals surface area contributed by atoms with Crippen LogP contribution in [0.3, 0.4) is 0 Å². The summed E-state index contributed by atoms with van der Waals surface area (Å²) in [6.45, 7) is 1.45. The second kappa shape index (κ2) is 4.54. The van der Waals surface area contributed by atoms with Crippen molar-refractivity contribution in [1.29, 1.82) is 0 Å². The lowest BCUT2D eigenvalue weighted by atomic mass is 10.1. The standard InChI is InChI=1S/C10H9IO3/c1-6(13)9-8(14-2)4-3-7(5-12)10(9)11/h3-5H,1-2H3. The molecule has 0 saturated heterocycles. The monoisotopic (exact) mass is 304 g/mol. The Kier molecular flexibility index (Phi) is 3.62. The van der Waals surface area contributed by atoms with E-state index in [0.29, 0.717) is 20.4 Å². The first-order valence-electron chi connectivity index (χ1n) is 3.94. The Morgan fingerprint density at radius 3 is 2.57 bits per heavy atom. The molecule has 0 heterocycles. The number of halogens is 1. The van der Waals surface area contributed by atoms with Crippen LogP contribution in [0.5, 0.6) is 5.75 Å². The molecule has 4 heteroatoms. The predicted octanol–water partition coefficient (Wildman–Crippen LogP) is 2.31. The maximum Gasteiger partial charge on any atom is 0.164 e. The molecule has 0 aromatic heterocycles. The average molecular weight is 304 g/mol. The zero-order valence-corrected chi connectivity index (χ0v) is 9.99. The molecule has 0 N–H and O–H groups in total. The van der Waals surface area contributed by atoms with Gasteiger partial charge in [0, 0.05) is 9.13 Å². The van der Waals surface area contributed by atoms with E-state index in [9.17, 15) is 9.59 Å². The molecule has 14 heavy (non-hydrogen) atoms. The van der Waals surface area contributed by atoms with E-state index >= 15 is 0 Å². The lowest BCUT2D eigenvalue weighted by molar-refractivity contribution is 0.101. The number of hydrogen-bond acceptors (Lipinski definition) is 3. The van der Waals surface area contributed by atoms with E-state index in [1.807, 2.05) is 22.6 Å². The number of hydrogen-bond donors (Lipinski definition) is 0. The fourth-order valence-corrected chi connectivity index (χ4v) is 2.12. The molecule has 1 aromatic carbocycles. The molecule has 74 valence electrons. The van der Waals surface area contributed by atoms with Crippen molar-refractivity contribution in [1.82, 2.24) is 0 Å². The molecule has 0 amide bonds. The third-order valence-electron chi connectivity index (χ3n) is 1.83. The smallest absolute Gasteiger partial charge is 0.164 e. The van der Waals surface area contributed by atoms with Gasteiger partial charge in [0.1, 0.15) is 5.75 Å². The van der Waals surface area contributed by atoms with E-state index in [-0.39, 0.29) is 5.78 Å². The summed E-state index contributed by atoms with van der Waals surface area (Å²) in [6, 6.07) is 3.27. The van der Waals surface area contributed by atoms with Crippen LogP contribution < -0.4 is 4.74 Å². The van der Waals surface area contributed by atoms with Crippen molar-refractivity contribution in [3.05, 3.63) is 26.8 Å². The molecule has 1 rings (SSSR count). The molecule has 0 bridgehead atoms. The van der Waals surface area contributed by atoms with Crippen molar-refractivity contribution < 1.29 is 14.3 Å². The number of ketones is 1. The lowest BCUT2D eigenvalue weighted by Gasteiger charge is -2.08. The van der Waals surface area contributed by atoms with Crippen LogP contribution in [0.4, 0.5) is 0 Å². The number of Topliss-reactive ketones (excluding diaryl/α,β-unsaturated/α-hetero) is 1. The molecule has 0 unspecified atom stereocenters. The van der Waals surface area contributed by atoms with Crippen LogP contribution in [-0.4, -0.2) is 19.2 Å². The Bertz CT molecular complexity index is 385. The highest BCUT2D eigenvalue weighted by Gasteiger charge is 2.14. The van der Waals surface area contributed by atoms with Crippen molar-refractivity contribution in [2.45, 2.75) is 6.92 Å². The minimum Gasteiger partial charge on any atom is -0.496 e. The third-order valence-corrected chi connectivity index (χ3v) is 2.99. The molecular weight excluding hydrogens is 295 g/mol. The van der Waals surface area contributed by atoms with Crippen molar-refractivity contribution >= 4 is 34.7 Å². The normalized spacial score (nSPS) is 9.64. The van der Waals surface area contributed by atoms with Gasteiger partial charge in [-0.2, -0.15) is 0 Å².